The first kappa shape index (κ1) is 15.9. The molecule has 126 valence electrons. The predicted octanol–water partition coefficient (Wildman–Crippen LogP) is 4.76. The summed E-state index contributed by atoms with van der Waals surface area (Å²) in [5.74, 6) is 0.242. The quantitative estimate of drug-likeness (QED) is 0.709. The van der Waals surface area contributed by atoms with Crippen LogP contribution in [0.1, 0.15) is 30.4 Å². The number of rotatable bonds is 4. The maximum Gasteiger partial charge on any atom is 0.201 e. The first-order chi connectivity index (χ1) is 12.1. The van der Waals surface area contributed by atoms with Crippen molar-refractivity contribution in [2.75, 3.05) is 11.9 Å². The Hall–Kier alpha value is -2.58. The molecule has 0 amide bonds. The Balaban J connectivity index is 1.59. The van der Waals surface area contributed by atoms with Crippen molar-refractivity contribution in [2.45, 2.75) is 24.7 Å². The highest BCUT2D eigenvalue weighted by Crippen LogP contribution is 2.44. The van der Waals surface area contributed by atoms with Gasteiger partial charge in [0.15, 0.2) is 0 Å². The molecule has 4 nitrogen and oxygen atoms in total. The molecule has 0 spiro atoms. The van der Waals surface area contributed by atoms with E-state index in [0.29, 0.717) is 23.6 Å². The number of H-pyrrole nitrogens is 1. The van der Waals surface area contributed by atoms with E-state index in [9.17, 15) is 9.65 Å². The smallest absolute Gasteiger partial charge is 0.201 e. The number of hydrogen-bond acceptors (Lipinski definition) is 3. The molecule has 2 N–H and O–H groups in total. The highest BCUT2D eigenvalue weighted by Gasteiger charge is 2.39. The fraction of sp³-hybridized carbons (Fsp3) is 0.263. The van der Waals surface area contributed by atoms with Crippen molar-refractivity contribution < 1.29 is 4.39 Å². The second-order valence-electron chi connectivity index (χ2n) is 6.52. The third kappa shape index (κ3) is 2.73. The predicted molar refractivity (Wildman–Crippen MR) is 96.2 cm³/mol. The van der Waals surface area contributed by atoms with Crippen LogP contribution in [-0.2, 0) is 5.41 Å². The van der Waals surface area contributed by atoms with Crippen LogP contribution in [0.5, 0.6) is 0 Å². The molecule has 0 aliphatic heterocycles. The zero-order valence-corrected chi connectivity index (χ0v) is 14.2. The lowest BCUT2D eigenvalue weighted by Gasteiger charge is -2.42. The first-order valence-corrected chi connectivity index (χ1v) is 8.57. The summed E-state index contributed by atoms with van der Waals surface area (Å²) < 4.78 is 13.5. The first-order valence-electron chi connectivity index (χ1n) is 8.20. The number of nitriles is 1. The molecule has 1 fully saturated rings. The van der Waals surface area contributed by atoms with Crippen LogP contribution >= 0.6 is 11.6 Å². The highest BCUT2D eigenvalue weighted by atomic mass is 35.5. The SMILES string of the molecule is N#Cc1cccc2[nH]c(NCC3(c4ccc(F)c(Cl)c4)CCC3)nc12. The third-order valence-corrected chi connectivity index (χ3v) is 5.36. The average molecular weight is 355 g/mol. The van der Waals surface area contributed by atoms with Gasteiger partial charge in [0.2, 0.25) is 5.95 Å². The van der Waals surface area contributed by atoms with Gasteiger partial charge in [-0.15, -0.1) is 0 Å². The maximum atomic E-state index is 13.5. The number of anilines is 1. The summed E-state index contributed by atoms with van der Waals surface area (Å²) in [6.45, 7) is 0.677. The molecule has 3 aromatic rings. The number of aromatic amines is 1. The molecule has 1 aliphatic carbocycles. The van der Waals surface area contributed by atoms with E-state index in [2.05, 4.69) is 21.4 Å². The van der Waals surface area contributed by atoms with Crippen LogP contribution in [-0.4, -0.2) is 16.5 Å². The average Bonchev–Trinajstić information content (AvgIpc) is 3.00. The van der Waals surface area contributed by atoms with Gasteiger partial charge in [-0.1, -0.05) is 30.2 Å². The van der Waals surface area contributed by atoms with Gasteiger partial charge in [-0.05, 0) is 42.7 Å². The Labute approximate surface area is 149 Å². The number of imidazole rings is 1. The van der Waals surface area contributed by atoms with Gasteiger partial charge in [-0.3, -0.25) is 0 Å². The van der Waals surface area contributed by atoms with Crippen LogP contribution in [0.15, 0.2) is 36.4 Å². The van der Waals surface area contributed by atoms with E-state index < -0.39 is 5.82 Å². The minimum absolute atomic E-state index is 0.0611. The molecule has 1 heterocycles. The van der Waals surface area contributed by atoms with Crippen molar-refractivity contribution in [1.29, 1.82) is 5.26 Å². The third-order valence-electron chi connectivity index (χ3n) is 5.07. The number of para-hydroxylation sites is 1. The molecule has 6 heteroatoms. The van der Waals surface area contributed by atoms with Crippen molar-refractivity contribution in [3.63, 3.8) is 0 Å². The lowest BCUT2D eigenvalue weighted by Crippen LogP contribution is -2.41. The number of aromatic nitrogens is 2. The maximum absolute atomic E-state index is 13.5. The Kier molecular flexibility index (Phi) is 3.85. The molecule has 25 heavy (non-hydrogen) atoms. The normalized spacial score (nSPS) is 15.6. The van der Waals surface area contributed by atoms with Gasteiger partial charge in [-0.2, -0.15) is 5.26 Å². The Morgan fingerprint density at radius 3 is 2.84 bits per heavy atom. The monoisotopic (exact) mass is 354 g/mol. The van der Waals surface area contributed by atoms with Crippen LogP contribution in [0.2, 0.25) is 5.02 Å². The van der Waals surface area contributed by atoms with Crippen molar-refractivity contribution in [2.24, 2.45) is 0 Å². The highest BCUT2D eigenvalue weighted by molar-refractivity contribution is 6.30. The summed E-state index contributed by atoms with van der Waals surface area (Å²) in [4.78, 5) is 7.70. The molecule has 1 saturated carbocycles. The van der Waals surface area contributed by atoms with E-state index in [1.807, 2.05) is 18.2 Å². The number of nitrogens with one attached hydrogen (secondary N) is 2. The number of hydrogen-bond donors (Lipinski definition) is 2. The summed E-state index contributed by atoms with van der Waals surface area (Å²) in [6.07, 6.45) is 3.17. The summed E-state index contributed by atoms with van der Waals surface area (Å²) in [5, 5.41) is 12.7. The van der Waals surface area contributed by atoms with Gasteiger partial charge >= 0.3 is 0 Å². The van der Waals surface area contributed by atoms with E-state index in [-0.39, 0.29) is 10.4 Å². The van der Waals surface area contributed by atoms with Crippen molar-refractivity contribution in [3.05, 3.63) is 58.4 Å². The largest absolute Gasteiger partial charge is 0.355 e. The minimum Gasteiger partial charge on any atom is -0.355 e. The van der Waals surface area contributed by atoms with Gasteiger partial charge < -0.3 is 10.3 Å². The summed E-state index contributed by atoms with van der Waals surface area (Å²) in [7, 11) is 0. The van der Waals surface area contributed by atoms with Crippen molar-refractivity contribution in [1.82, 2.24) is 9.97 Å². The van der Waals surface area contributed by atoms with Gasteiger partial charge in [-0.25, -0.2) is 9.37 Å². The van der Waals surface area contributed by atoms with E-state index >= 15 is 0 Å². The number of halogens is 2. The molecule has 0 bridgehead atoms. The Morgan fingerprint density at radius 2 is 2.16 bits per heavy atom. The van der Waals surface area contributed by atoms with Crippen LogP contribution in [0.25, 0.3) is 11.0 Å². The van der Waals surface area contributed by atoms with Crippen LogP contribution < -0.4 is 5.32 Å². The van der Waals surface area contributed by atoms with E-state index in [4.69, 9.17) is 11.6 Å². The molecule has 1 aliphatic rings. The standard InChI is InChI=1S/C19H16ClFN4/c20-14-9-13(5-6-15(14)21)19(7-2-8-19)11-23-18-24-16-4-1-3-12(10-22)17(16)25-18/h1,3-6,9H,2,7-8,11H2,(H2,23,24,25). The van der Waals surface area contributed by atoms with Crippen molar-refractivity contribution >= 4 is 28.6 Å². The topological polar surface area (TPSA) is 64.5 Å². The van der Waals surface area contributed by atoms with Gasteiger partial charge in [0, 0.05) is 12.0 Å². The lowest BCUT2D eigenvalue weighted by molar-refractivity contribution is 0.260. The molecule has 1 aromatic heterocycles. The molecular formula is C19H16ClFN4. The fourth-order valence-electron chi connectivity index (χ4n) is 3.46. The number of fused-ring (bicyclic) bond motifs is 1. The second kappa shape index (κ2) is 6.05. The van der Waals surface area contributed by atoms with E-state index in [1.165, 1.54) is 6.07 Å². The molecule has 4 rings (SSSR count). The zero-order chi connectivity index (χ0) is 17.4. The van der Waals surface area contributed by atoms with Crippen LogP contribution in [0.4, 0.5) is 10.3 Å². The summed E-state index contributed by atoms with van der Waals surface area (Å²) in [6, 6.07) is 12.6. The molecule has 0 atom stereocenters. The molecule has 0 radical (unpaired) electrons. The van der Waals surface area contributed by atoms with Gasteiger partial charge in [0.1, 0.15) is 17.4 Å². The number of benzene rings is 2. The van der Waals surface area contributed by atoms with E-state index in [1.54, 1.807) is 12.1 Å². The second-order valence-corrected chi connectivity index (χ2v) is 6.92. The molecule has 2 aromatic carbocycles. The lowest BCUT2D eigenvalue weighted by atomic mass is 9.64. The Morgan fingerprint density at radius 1 is 1.32 bits per heavy atom. The summed E-state index contributed by atoms with van der Waals surface area (Å²) in [5.41, 5.74) is 3.03. The van der Waals surface area contributed by atoms with Gasteiger partial charge in [0.05, 0.1) is 16.1 Å². The van der Waals surface area contributed by atoms with Gasteiger partial charge in [0.25, 0.3) is 0 Å². The number of nitrogens with zero attached hydrogens (tertiary/aromatic N) is 2. The fourth-order valence-corrected chi connectivity index (χ4v) is 3.64. The van der Waals surface area contributed by atoms with Crippen molar-refractivity contribution in [3.8, 4) is 6.07 Å². The molecule has 0 saturated heterocycles. The molecular weight excluding hydrogens is 339 g/mol. The zero-order valence-electron chi connectivity index (χ0n) is 13.4. The Bertz CT molecular complexity index is 985. The molecule has 0 unspecified atom stereocenters. The van der Waals surface area contributed by atoms with Crippen LogP contribution in [0, 0.1) is 17.1 Å². The summed E-state index contributed by atoms with van der Waals surface area (Å²) >= 11 is 5.96. The minimum atomic E-state index is -0.394. The van der Waals surface area contributed by atoms with Crippen LogP contribution in [0.3, 0.4) is 0 Å². The van der Waals surface area contributed by atoms with E-state index in [0.717, 1.165) is 30.3 Å².